The summed E-state index contributed by atoms with van der Waals surface area (Å²) >= 11 is 0. The number of aliphatic hydroxyl groups is 1. The quantitative estimate of drug-likeness (QED) is 0.873. The van der Waals surface area contributed by atoms with E-state index in [-0.39, 0.29) is 28.1 Å². The molecule has 22 heavy (non-hydrogen) atoms. The van der Waals surface area contributed by atoms with E-state index in [0.717, 1.165) is 5.56 Å². The van der Waals surface area contributed by atoms with Crippen molar-refractivity contribution in [3.8, 4) is 11.3 Å². The standard InChI is InChI=1S/C18H16O4/c1-10-15(20)14-12(19)9-13(11-7-5-4-6-8-11)22-17(14)18(2,3)16(10)21/h4-9,21H,1-3H3. The topological polar surface area (TPSA) is 67.5 Å². The fourth-order valence-corrected chi connectivity index (χ4v) is 2.76. The lowest BCUT2D eigenvalue weighted by atomic mass is 9.76. The molecule has 1 aliphatic carbocycles. The Morgan fingerprint density at radius 3 is 2.36 bits per heavy atom. The Kier molecular flexibility index (Phi) is 3.06. The maximum atomic E-state index is 12.4. The van der Waals surface area contributed by atoms with Gasteiger partial charge in [0.25, 0.3) is 0 Å². The van der Waals surface area contributed by atoms with E-state index in [0.29, 0.717) is 5.76 Å². The molecule has 0 aliphatic heterocycles. The molecule has 0 saturated carbocycles. The van der Waals surface area contributed by atoms with E-state index in [1.165, 1.54) is 13.0 Å². The van der Waals surface area contributed by atoms with Crippen LogP contribution in [0.5, 0.6) is 0 Å². The van der Waals surface area contributed by atoms with Crippen LogP contribution in [0.25, 0.3) is 11.3 Å². The highest BCUT2D eigenvalue weighted by Crippen LogP contribution is 2.39. The first-order valence-electron chi connectivity index (χ1n) is 7.03. The second-order valence-corrected chi connectivity index (χ2v) is 5.97. The first-order valence-corrected chi connectivity index (χ1v) is 7.03. The van der Waals surface area contributed by atoms with Crippen molar-refractivity contribution in [1.82, 2.24) is 0 Å². The summed E-state index contributed by atoms with van der Waals surface area (Å²) in [7, 11) is 0. The Morgan fingerprint density at radius 2 is 1.73 bits per heavy atom. The number of fused-ring (bicyclic) bond motifs is 1. The summed E-state index contributed by atoms with van der Waals surface area (Å²) in [6.07, 6.45) is 0. The molecule has 0 atom stereocenters. The molecule has 2 aromatic rings. The number of allylic oxidation sites excluding steroid dienone is 2. The average Bonchev–Trinajstić information content (AvgIpc) is 2.51. The first-order chi connectivity index (χ1) is 10.3. The second-order valence-electron chi connectivity index (χ2n) is 5.97. The Labute approximate surface area is 127 Å². The predicted octanol–water partition coefficient (Wildman–Crippen LogP) is 3.61. The highest BCUT2D eigenvalue weighted by atomic mass is 16.3. The van der Waals surface area contributed by atoms with E-state index in [4.69, 9.17) is 4.42 Å². The van der Waals surface area contributed by atoms with Crippen molar-refractivity contribution in [2.45, 2.75) is 26.2 Å². The third-order valence-corrected chi connectivity index (χ3v) is 4.09. The predicted molar refractivity (Wildman–Crippen MR) is 83.1 cm³/mol. The molecule has 4 heteroatoms. The number of hydrogen-bond donors (Lipinski definition) is 1. The Balaban J connectivity index is 2.32. The highest BCUT2D eigenvalue weighted by Gasteiger charge is 2.42. The van der Waals surface area contributed by atoms with E-state index < -0.39 is 11.2 Å². The molecule has 4 nitrogen and oxygen atoms in total. The summed E-state index contributed by atoms with van der Waals surface area (Å²) in [5, 5.41) is 10.3. The van der Waals surface area contributed by atoms with Gasteiger partial charge in [0.15, 0.2) is 11.2 Å². The molecule has 0 spiro atoms. The van der Waals surface area contributed by atoms with E-state index in [1.807, 2.05) is 30.3 Å². The summed E-state index contributed by atoms with van der Waals surface area (Å²) in [6.45, 7) is 4.98. The number of rotatable bonds is 1. The zero-order valence-corrected chi connectivity index (χ0v) is 12.6. The Hall–Kier alpha value is -2.62. The van der Waals surface area contributed by atoms with Crippen LogP contribution in [0.3, 0.4) is 0 Å². The smallest absolute Gasteiger partial charge is 0.199 e. The molecule has 1 N–H and O–H groups in total. The third-order valence-electron chi connectivity index (χ3n) is 4.09. The van der Waals surface area contributed by atoms with Gasteiger partial charge in [-0.05, 0) is 20.8 Å². The lowest BCUT2D eigenvalue weighted by molar-refractivity contribution is 0.100. The van der Waals surface area contributed by atoms with Gasteiger partial charge < -0.3 is 9.52 Å². The lowest BCUT2D eigenvalue weighted by Gasteiger charge is -2.30. The number of carbonyl (C=O) groups is 1. The molecule has 0 radical (unpaired) electrons. The Morgan fingerprint density at radius 1 is 1.09 bits per heavy atom. The van der Waals surface area contributed by atoms with Crippen LogP contribution in [0.15, 0.2) is 56.9 Å². The molecule has 1 aliphatic rings. The number of aliphatic hydroxyl groups excluding tert-OH is 1. The van der Waals surface area contributed by atoms with Gasteiger partial charge in [0.1, 0.15) is 22.8 Å². The fraction of sp³-hybridized carbons (Fsp3) is 0.222. The van der Waals surface area contributed by atoms with Gasteiger partial charge in [-0.2, -0.15) is 0 Å². The molecular formula is C18H16O4. The van der Waals surface area contributed by atoms with Crippen LogP contribution in [0, 0.1) is 0 Å². The minimum atomic E-state index is -0.919. The van der Waals surface area contributed by atoms with Gasteiger partial charge in [-0.15, -0.1) is 0 Å². The molecule has 0 saturated heterocycles. The van der Waals surface area contributed by atoms with Crippen molar-refractivity contribution in [3.05, 3.63) is 69.3 Å². The van der Waals surface area contributed by atoms with Crippen LogP contribution in [0.2, 0.25) is 0 Å². The second kappa shape index (κ2) is 4.70. The van der Waals surface area contributed by atoms with Crippen molar-refractivity contribution >= 4 is 5.78 Å². The molecule has 0 unspecified atom stereocenters. The van der Waals surface area contributed by atoms with Gasteiger partial charge in [0, 0.05) is 17.2 Å². The first kappa shape index (κ1) is 14.3. The number of carbonyl (C=O) groups excluding carboxylic acids is 1. The average molecular weight is 296 g/mol. The van der Waals surface area contributed by atoms with Crippen LogP contribution in [-0.4, -0.2) is 10.9 Å². The normalized spacial score (nSPS) is 16.6. The van der Waals surface area contributed by atoms with Crippen molar-refractivity contribution in [1.29, 1.82) is 0 Å². The molecular weight excluding hydrogens is 280 g/mol. The SMILES string of the molecule is CC1=C(O)C(C)(C)c2oc(-c3ccccc3)cc(=O)c2C1=O. The summed E-state index contributed by atoms with van der Waals surface area (Å²) in [4.78, 5) is 24.7. The zero-order chi connectivity index (χ0) is 16.1. The van der Waals surface area contributed by atoms with Crippen molar-refractivity contribution in [2.24, 2.45) is 0 Å². The molecule has 1 aromatic carbocycles. The third kappa shape index (κ3) is 1.91. The number of benzene rings is 1. The van der Waals surface area contributed by atoms with Gasteiger partial charge in [-0.1, -0.05) is 30.3 Å². The van der Waals surface area contributed by atoms with E-state index in [2.05, 4.69) is 0 Å². The summed E-state index contributed by atoms with van der Waals surface area (Å²) < 4.78 is 5.86. The molecule has 112 valence electrons. The van der Waals surface area contributed by atoms with Crippen molar-refractivity contribution < 1.29 is 14.3 Å². The van der Waals surface area contributed by atoms with Crippen LogP contribution in [-0.2, 0) is 5.41 Å². The maximum absolute atomic E-state index is 12.4. The minimum Gasteiger partial charge on any atom is -0.511 e. The van der Waals surface area contributed by atoms with Crippen molar-refractivity contribution in [3.63, 3.8) is 0 Å². The van der Waals surface area contributed by atoms with Crippen LogP contribution in [0.1, 0.15) is 36.9 Å². The highest BCUT2D eigenvalue weighted by molar-refractivity contribution is 6.11. The van der Waals surface area contributed by atoms with Gasteiger partial charge in [0.2, 0.25) is 0 Å². The molecule has 1 heterocycles. The van der Waals surface area contributed by atoms with Gasteiger partial charge >= 0.3 is 0 Å². The Bertz CT molecular complexity index is 854. The number of hydrogen-bond acceptors (Lipinski definition) is 4. The van der Waals surface area contributed by atoms with Gasteiger partial charge in [-0.25, -0.2) is 0 Å². The lowest BCUT2D eigenvalue weighted by Crippen LogP contribution is -2.34. The maximum Gasteiger partial charge on any atom is 0.199 e. The monoisotopic (exact) mass is 296 g/mol. The van der Waals surface area contributed by atoms with Crippen LogP contribution < -0.4 is 5.43 Å². The summed E-state index contributed by atoms with van der Waals surface area (Å²) in [5.74, 6) is 0.0723. The van der Waals surface area contributed by atoms with E-state index >= 15 is 0 Å². The minimum absolute atomic E-state index is 0.0139. The summed E-state index contributed by atoms with van der Waals surface area (Å²) in [6, 6.07) is 10.5. The zero-order valence-electron chi connectivity index (χ0n) is 12.6. The molecule has 0 bridgehead atoms. The molecule has 0 fully saturated rings. The van der Waals surface area contributed by atoms with E-state index in [9.17, 15) is 14.7 Å². The number of ketones is 1. The fourth-order valence-electron chi connectivity index (χ4n) is 2.76. The largest absolute Gasteiger partial charge is 0.511 e. The van der Waals surface area contributed by atoms with Crippen LogP contribution in [0.4, 0.5) is 0 Å². The molecule has 3 rings (SSSR count). The van der Waals surface area contributed by atoms with Gasteiger partial charge in [-0.3, -0.25) is 9.59 Å². The van der Waals surface area contributed by atoms with Crippen LogP contribution >= 0.6 is 0 Å². The molecule has 1 aromatic heterocycles. The van der Waals surface area contributed by atoms with Crippen molar-refractivity contribution in [2.75, 3.05) is 0 Å². The van der Waals surface area contributed by atoms with E-state index in [1.54, 1.807) is 13.8 Å². The molecule has 0 amide bonds. The summed E-state index contributed by atoms with van der Waals surface area (Å²) in [5.41, 5.74) is -0.351. The number of Topliss-reactive ketones (excluding diaryl/α,β-unsaturated/α-hetero) is 1. The van der Waals surface area contributed by atoms with Gasteiger partial charge in [0.05, 0.1) is 5.41 Å².